The number of nitrogens with one attached hydrogen (secondary N) is 1. The topological polar surface area (TPSA) is 152 Å². The standard InChI is InChI=1S/C27H40N6O5/c1-16-13-22(16)33(17(2)14-28)24(35)19(30-26(37)38-27(3,4)5)15-31(6)21-11-12-32(25(21)36)20-10-8-7-9-18(20)23(29)34/h7-10,16-17,19,21-22,25,36H,11-13,15H2,1-6H3,(H2,29,34)(H,30,37). The fraction of sp³-hybridized carbons (Fsp3) is 0.630. The Kier molecular flexibility index (Phi) is 8.90. The van der Waals surface area contributed by atoms with Gasteiger partial charge < -0.3 is 30.7 Å². The van der Waals surface area contributed by atoms with Crippen molar-refractivity contribution >= 4 is 23.6 Å². The van der Waals surface area contributed by atoms with E-state index in [2.05, 4.69) is 11.4 Å². The molecule has 1 saturated heterocycles. The number of amides is 3. The zero-order chi connectivity index (χ0) is 28.4. The Morgan fingerprint density at radius 3 is 2.47 bits per heavy atom. The Balaban J connectivity index is 1.81. The molecule has 11 heteroatoms. The summed E-state index contributed by atoms with van der Waals surface area (Å²) in [6.45, 7) is 9.45. The predicted molar refractivity (Wildman–Crippen MR) is 142 cm³/mol. The lowest BCUT2D eigenvalue weighted by Gasteiger charge is -2.35. The van der Waals surface area contributed by atoms with E-state index < -0.39 is 42.0 Å². The van der Waals surface area contributed by atoms with Gasteiger partial charge in [0.1, 0.15) is 23.9 Å². The summed E-state index contributed by atoms with van der Waals surface area (Å²) in [6, 6.07) is 6.86. The lowest BCUT2D eigenvalue weighted by Crippen LogP contribution is -2.58. The van der Waals surface area contributed by atoms with Crippen molar-refractivity contribution in [1.29, 1.82) is 5.26 Å². The van der Waals surface area contributed by atoms with E-state index in [-0.39, 0.29) is 24.4 Å². The third-order valence-corrected chi connectivity index (χ3v) is 7.12. The SMILES string of the molecule is CC1CC1N(C(=O)C(CN(C)C1CCN(c2ccccc2C(N)=O)C1O)NC(=O)OC(C)(C)C)C(C)C#N. The normalized spacial score (nSPS) is 24.3. The molecule has 2 fully saturated rings. The molecule has 38 heavy (non-hydrogen) atoms. The van der Waals surface area contributed by atoms with Crippen molar-refractivity contribution in [2.75, 3.05) is 25.0 Å². The van der Waals surface area contributed by atoms with Crippen LogP contribution in [0.3, 0.4) is 0 Å². The molecule has 1 aromatic rings. The fourth-order valence-electron chi connectivity index (χ4n) is 5.04. The average molecular weight is 529 g/mol. The average Bonchev–Trinajstić information content (AvgIpc) is 3.41. The molecule has 6 atom stereocenters. The number of hydrogen-bond donors (Lipinski definition) is 3. The number of aliphatic hydroxyl groups is 1. The zero-order valence-corrected chi connectivity index (χ0v) is 23.0. The number of hydrogen-bond acceptors (Lipinski definition) is 8. The van der Waals surface area contributed by atoms with Crippen LogP contribution in [0.25, 0.3) is 0 Å². The molecule has 208 valence electrons. The van der Waals surface area contributed by atoms with Gasteiger partial charge in [0, 0.05) is 19.1 Å². The number of primary amides is 1. The quantitative estimate of drug-likeness (QED) is 0.438. The first-order valence-corrected chi connectivity index (χ1v) is 13.0. The number of carbonyl (C=O) groups excluding carboxylic acids is 3. The van der Waals surface area contributed by atoms with Crippen LogP contribution in [-0.2, 0) is 9.53 Å². The lowest BCUT2D eigenvalue weighted by atomic mass is 10.1. The highest BCUT2D eigenvalue weighted by Gasteiger charge is 2.46. The molecule has 1 aromatic carbocycles. The van der Waals surface area contributed by atoms with E-state index >= 15 is 0 Å². The zero-order valence-electron chi connectivity index (χ0n) is 23.0. The van der Waals surface area contributed by atoms with Crippen LogP contribution < -0.4 is 16.0 Å². The summed E-state index contributed by atoms with van der Waals surface area (Å²) >= 11 is 0. The molecule has 0 bridgehead atoms. The molecule has 0 spiro atoms. The highest BCUT2D eigenvalue weighted by Crippen LogP contribution is 2.37. The van der Waals surface area contributed by atoms with E-state index in [9.17, 15) is 24.8 Å². The summed E-state index contributed by atoms with van der Waals surface area (Å²) in [7, 11) is 1.77. The van der Waals surface area contributed by atoms with Crippen LogP contribution in [0.2, 0.25) is 0 Å². The Morgan fingerprint density at radius 1 is 1.29 bits per heavy atom. The second-order valence-corrected chi connectivity index (χ2v) is 11.3. The molecule has 11 nitrogen and oxygen atoms in total. The van der Waals surface area contributed by atoms with Gasteiger partial charge in [-0.2, -0.15) is 5.26 Å². The first-order chi connectivity index (χ1) is 17.7. The number of anilines is 1. The number of benzene rings is 1. The number of rotatable bonds is 9. The maximum atomic E-state index is 13.8. The van der Waals surface area contributed by atoms with Crippen molar-refractivity contribution in [3.63, 3.8) is 0 Å². The first-order valence-electron chi connectivity index (χ1n) is 13.0. The number of nitriles is 1. The number of nitrogens with two attached hydrogens (primary N) is 1. The third kappa shape index (κ3) is 6.74. The van der Waals surface area contributed by atoms with E-state index in [0.29, 0.717) is 24.2 Å². The number of likely N-dealkylation sites (N-methyl/N-ethyl adjacent to an activating group) is 1. The van der Waals surface area contributed by atoms with E-state index in [1.807, 2.05) is 11.8 Å². The second kappa shape index (κ2) is 11.6. The Morgan fingerprint density at radius 2 is 1.92 bits per heavy atom. The first kappa shape index (κ1) is 29.2. The molecule has 3 rings (SSSR count). The van der Waals surface area contributed by atoms with Crippen LogP contribution in [-0.4, -0.2) is 88.9 Å². The largest absolute Gasteiger partial charge is 0.444 e. The number of para-hydroxylation sites is 1. The smallest absolute Gasteiger partial charge is 0.408 e. The minimum absolute atomic E-state index is 0.0664. The molecule has 1 saturated carbocycles. The molecule has 3 amide bonds. The minimum Gasteiger partial charge on any atom is -0.444 e. The highest BCUT2D eigenvalue weighted by atomic mass is 16.6. The summed E-state index contributed by atoms with van der Waals surface area (Å²) in [4.78, 5) is 43.5. The van der Waals surface area contributed by atoms with Gasteiger partial charge in [-0.25, -0.2) is 4.79 Å². The van der Waals surface area contributed by atoms with Gasteiger partial charge in [-0.3, -0.25) is 14.5 Å². The van der Waals surface area contributed by atoms with Gasteiger partial charge in [0.15, 0.2) is 0 Å². The van der Waals surface area contributed by atoms with Crippen LogP contribution in [0.1, 0.15) is 57.8 Å². The van der Waals surface area contributed by atoms with Gasteiger partial charge in [0.2, 0.25) is 5.91 Å². The summed E-state index contributed by atoms with van der Waals surface area (Å²) in [5.74, 6) is -0.683. The van der Waals surface area contributed by atoms with Crippen LogP contribution >= 0.6 is 0 Å². The van der Waals surface area contributed by atoms with Crippen molar-refractivity contribution in [3.05, 3.63) is 29.8 Å². The molecular formula is C27H40N6O5. The molecule has 6 unspecified atom stereocenters. The van der Waals surface area contributed by atoms with E-state index in [1.165, 1.54) is 0 Å². The summed E-state index contributed by atoms with van der Waals surface area (Å²) in [5.41, 5.74) is 5.64. The van der Waals surface area contributed by atoms with E-state index in [4.69, 9.17) is 10.5 Å². The van der Waals surface area contributed by atoms with Crippen LogP contribution in [0.5, 0.6) is 0 Å². The highest BCUT2D eigenvalue weighted by molar-refractivity contribution is 5.98. The molecule has 0 radical (unpaired) electrons. The Labute approximate surface area is 224 Å². The van der Waals surface area contributed by atoms with Crippen molar-refractivity contribution in [1.82, 2.24) is 15.1 Å². The molecule has 0 aromatic heterocycles. The second-order valence-electron chi connectivity index (χ2n) is 11.3. The maximum absolute atomic E-state index is 13.8. The van der Waals surface area contributed by atoms with Gasteiger partial charge >= 0.3 is 6.09 Å². The van der Waals surface area contributed by atoms with Crippen molar-refractivity contribution in [2.24, 2.45) is 11.7 Å². The number of ether oxygens (including phenoxy) is 1. The molecular weight excluding hydrogens is 488 g/mol. The van der Waals surface area contributed by atoms with Crippen molar-refractivity contribution in [3.8, 4) is 6.07 Å². The molecule has 1 heterocycles. The summed E-state index contributed by atoms with van der Waals surface area (Å²) in [6.07, 6.45) is -0.365. The van der Waals surface area contributed by atoms with Gasteiger partial charge in [0.05, 0.1) is 23.4 Å². The van der Waals surface area contributed by atoms with E-state index in [1.54, 1.807) is 68.8 Å². The number of nitrogens with zero attached hydrogens (tertiary/aromatic N) is 4. The van der Waals surface area contributed by atoms with Crippen molar-refractivity contribution in [2.45, 2.75) is 83.5 Å². The minimum atomic E-state index is -1.00. The monoisotopic (exact) mass is 528 g/mol. The molecule has 1 aliphatic carbocycles. The Bertz CT molecular complexity index is 1080. The van der Waals surface area contributed by atoms with Gasteiger partial charge in [-0.1, -0.05) is 19.1 Å². The number of carbonyl (C=O) groups is 3. The molecule has 1 aliphatic heterocycles. The van der Waals surface area contributed by atoms with Gasteiger partial charge in [0.25, 0.3) is 5.91 Å². The third-order valence-electron chi connectivity index (χ3n) is 7.12. The number of aliphatic hydroxyl groups excluding tert-OH is 1. The van der Waals surface area contributed by atoms with Crippen LogP contribution in [0, 0.1) is 17.2 Å². The maximum Gasteiger partial charge on any atom is 0.408 e. The predicted octanol–water partition coefficient (Wildman–Crippen LogP) is 1.66. The fourth-order valence-corrected chi connectivity index (χ4v) is 5.04. The Hall–Kier alpha value is -3.36. The number of alkyl carbamates (subject to hydrolysis) is 1. The van der Waals surface area contributed by atoms with Gasteiger partial charge in [-0.05, 0) is 65.6 Å². The summed E-state index contributed by atoms with van der Waals surface area (Å²) in [5, 5.41) is 23.5. The van der Waals surface area contributed by atoms with Crippen LogP contribution in [0.15, 0.2) is 24.3 Å². The van der Waals surface area contributed by atoms with Crippen LogP contribution in [0.4, 0.5) is 10.5 Å². The molecule has 2 aliphatic rings. The summed E-state index contributed by atoms with van der Waals surface area (Å²) < 4.78 is 5.42. The van der Waals surface area contributed by atoms with E-state index in [0.717, 1.165) is 6.42 Å². The lowest BCUT2D eigenvalue weighted by molar-refractivity contribution is -0.136. The molecule has 4 N–H and O–H groups in total. The van der Waals surface area contributed by atoms with Gasteiger partial charge in [-0.15, -0.1) is 0 Å². The van der Waals surface area contributed by atoms with Crippen molar-refractivity contribution < 1.29 is 24.2 Å².